The highest BCUT2D eigenvalue weighted by Gasteiger charge is 2.58. The highest BCUT2D eigenvalue weighted by molar-refractivity contribution is 5.20. The predicted molar refractivity (Wildman–Crippen MR) is 41.4 cm³/mol. The smallest absolute Gasteiger partial charge is 0.250 e. The topological polar surface area (TPSA) is 52.0 Å². The zero-order valence-electron chi connectivity index (χ0n) is 6.96. The van der Waals surface area contributed by atoms with Gasteiger partial charge in [0.15, 0.2) is 6.39 Å². The van der Waals surface area contributed by atoms with Gasteiger partial charge in [0.05, 0.1) is 11.6 Å². The summed E-state index contributed by atoms with van der Waals surface area (Å²) in [7, 11) is 0. The molecule has 72 valence electrons. The van der Waals surface area contributed by atoms with Crippen molar-refractivity contribution in [2.24, 2.45) is 5.73 Å². The largest absolute Gasteiger partial charge is 0.448 e. The number of halogens is 2. The fourth-order valence-electron chi connectivity index (χ4n) is 1.84. The predicted octanol–water partition coefficient (Wildman–Crippen LogP) is 1.30. The van der Waals surface area contributed by atoms with Crippen LogP contribution in [0.25, 0.3) is 0 Å². The SMILES string of the molecule is NCC1(c2cnco2)CC(F)(F)C1. The number of nitrogens with zero attached hydrogens (tertiary/aromatic N) is 1. The molecule has 13 heavy (non-hydrogen) atoms. The number of oxazole rings is 1. The molecule has 0 aliphatic heterocycles. The van der Waals surface area contributed by atoms with Crippen LogP contribution in [0.4, 0.5) is 8.78 Å². The Morgan fingerprint density at radius 3 is 2.62 bits per heavy atom. The Kier molecular flexibility index (Phi) is 1.66. The van der Waals surface area contributed by atoms with E-state index >= 15 is 0 Å². The van der Waals surface area contributed by atoms with E-state index in [1.807, 2.05) is 0 Å². The van der Waals surface area contributed by atoms with Crippen LogP contribution in [0.2, 0.25) is 0 Å². The third-order valence-electron chi connectivity index (χ3n) is 2.54. The van der Waals surface area contributed by atoms with E-state index in [4.69, 9.17) is 10.2 Å². The van der Waals surface area contributed by atoms with Gasteiger partial charge in [0.2, 0.25) is 5.92 Å². The Morgan fingerprint density at radius 2 is 2.23 bits per heavy atom. The van der Waals surface area contributed by atoms with Crippen LogP contribution in [0.1, 0.15) is 18.6 Å². The van der Waals surface area contributed by atoms with E-state index in [0.717, 1.165) is 0 Å². The van der Waals surface area contributed by atoms with Crippen molar-refractivity contribution in [1.29, 1.82) is 0 Å². The Labute approximate surface area is 73.9 Å². The van der Waals surface area contributed by atoms with Gasteiger partial charge in [-0.2, -0.15) is 0 Å². The van der Waals surface area contributed by atoms with Crippen LogP contribution in [-0.2, 0) is 5.41 Å². The molecule has 3 nitrogen and oxygen atoms in total. The van der Waals surface area contributed by atoms with Gasteiger partial charge in [-0.15, -0.1) is 0 Å². The second-order valence-corrected chi connectivity index (χ2v) is 3.56. The van der Waals surface area contributed by atoms with Crippen molar-refractivity contribution in [3.63, 3.8) is 0 Å². The minimum Gasteiger partial charge on any atom is -0.448 e. The van der Waals surface area contributed by atoms with E-state index in [1.54, 1.807) is 0 Å². The molecule has 0 spiro atoms. The van der Waals surface area contributed by atoms with Crippen molar-refractivity contribution < 1.29 is 13.2 Å². The lowest BCUT2D eigenvalue weighted by Crippen LogP contribution is -2.53. The maximum Gasteiger partial charge on any atom is 0.250 e. The maximum atomic E-state index is 12.7. The molecule has 0 atom stereocenters. The van der Waals surface area contributed by atoms with Gasteiger partial charge in [0, 0.05) is 19.4 Å². The van der Waals surface area contributed by atoms with Crippen molar-refractivity contribution in [3.8, 4) is 0 Å². The maximum absolute atomic E-state index is 12.7. The van der Waals surface area contributed by atoms with Gasteiger partial charge in [-0.05, 0) is 0 Å². The first-order valence-corrected chi connectivity index (χ1v) is 4.05. The van der Waals surface area contributed by atoms with Gasteiger partial charge in [0.1, 0.15) is 5.76 Å². The third-order valence-corrected chi connectivity index (χ3v) is 2.54. The second kappa shape index (κ2) is 2.51. The van der Waals surface area contributed by atoms with Crippen LogP contribution in [0.3, 0.4) is 0 Å². The zero-order valence-corrected chi connectivity index (χ0v) is 6.96. The Balaban J connectivity index is 2.21. The molecule has 0 aromatic carbocycles. The number of nitrogens with two attached hydrogens (primary N) is 1. The van der Waals surface area contributed by atoms with Crippen LogP contribution in [0.5, 0.6) is 0 Å². The number of aromatic nitrogens is 1. The average molecular weight is 188 g/mol. The Morgan fingerprint density at radius 1 is 1.54 bits per heavy atom. The molecule has 2 rings (SSSR count). The Bertz CT molecular complexity index is 289. The van der Waals surface area contributed by atoms with E-state index in [0.29, 0.717) is 5.76 Å². The van der Waals surface area contributed by atoms with Crippen molar-refractivity contribution in [3.05, 3.63) is 18.4 Å². The molecule has 1 heterocycles. The molecule has 0 bridgehead atoms. The normalized spacial score (nSPS) is 23.9. The number of alkyl halides is 2. The molecule has 1 saturated carbocycles. The molecule has 1 aliphatic rings. The lowest BCUT2D eigenvalue weighted by Gasteiger charge is -2.44. The summed E-state index contributed by atoms with van der Waals surface area (Å²) in [6, 6.07) is 0. The van der Waals surface area contributed by atoms with Crippen LogP contribution < -0.4 is 5.73 Å². The van der Waals surface area contributed by atoms with Crippen molar-refractivity contribution in [1.82, 2.24) is 4.98 Å². The van der Waals surface area contributed by atoms with Gasteiger partial charge in [-0.1, -0.05) is 0 Å². The summed E-state index contributed by atoms with van der Waals surface area (Å²) >= 11 is 0. The zero-order chi connectivity index (χ0) is 9.53. The molecule has 0 radical (unpaired) electrons. The van der Waals surface area contributed by atoms with Gasteiger partial charge in [0.25, 0.3) is 0 Å². The third kappa shape index (κ3) is 1.23. The minimum atomic E-state index is -2.59. The van der Waals surface area contributed by atoms with Gasteiger partial charge < -0.3 is 10.2 Å². The summed E-state index contributed by atoms with van der Waals surface area (Å²) in [5.74, 6) is -2.12. The molecule has 5 heteroatoms. The molecule has 1 aromatic rings. The first-order valence-electron chi connectivity index (χ1n) is 4.05. The molecule has 1 fully saturated rings. The second-order valence-electron chi connectivity index (χ2n) is 3.56. The lowest BCUT2D eigenvalue weighted by atomic mass is 9.64. The first-order chi connectivity index (χ1) is 6.08. The fourth-order valence-corrected chi connectivity index (χ4v) is 1.84. The number of rotatable bonds is 2. The monoisotopic (exact) mass is 188 g/mol. The van der Waals surface area contributed by atoms with Gasteiger partial charge >= 0.3 is 0 Å². The molecule has 0 saturated heterocycles. The van der Waals surface area contributed by atoms with Gasteiger partial charge in [-0.25, -0.2) is 13.8 Å². The molecular formula is C8H10F2N2O. The van der Waals surface area contributed by atoms with Crippen molar-refractivity contribution >= 4 is 0 Å². The van der Waals surface area contributed by atoms with E-state index in [2.05, 4.69) is 4.98 Å². The summed E-state index contributed by atoms with van der Waals surface area (Å²) in [6.45, 7) is 0.178. The van der Waals surface area contributed by atoms with Crippen molar-refractivity contribution in [2.75, 3.05) is 6.54 Å². The highest BCUT2D eigenvalue weighted by Crippen LogP contribution is 2.52. The van der Waals surface area contributed by atoms with Crippen LogP contribution >= 0.6 is 0 Å². The van der Waals surface area contributed by atoms with E-state index in [9.17, 15) is 8.78 Å². The Hall–Kier alpha value is -0.970. The minimum absolute atomic E-state index is 0.178. The summed E-state index contributed by atoms with van der Waals surface area (Å²) in [5.41, 5.74) is 4.78. The van der Waals surface area contributed by atoms with Crippen LogP contribution in [-0.4, -0.2) is 17.5 Å². The fraction of sp³-hybridized carbons (Fsp3) is 0.625. The average Bonchev–Trinajstić information content (AvgIpc) is 2.51. The highest BCUT2D eigenvalue weighted by atomic mass is 19.3. The van der Waals surface area contributed by atoms with Crippen LogP contribution in [0.15, 0.2) is 17.0 Å². The molecule has 0 amide bonds. The standard InChI is InChI=1S/C8H10F2N2O/c9-8(10)2-7(3-8,4-11)6-1-12-5-13-6/h1,5H,2-4,11H2. The summed E-state index contributed by atoms with van der Waals surface area (Å²) in [5, 5.41) is 0. The number of hydrogen-bond acceptors (Lipinski definition) is 3. The molecule has 2 N–H and O–H groups in total. The number of hydrogen-bond donors (Lipinski definition) is 1. The molecule has 1 aliphatic carbocycles. The molecular weight excluding hydrogens is 178 g/mol. The van der Waals surface area contributed by atoms with E-state index in [-0.39, 0.29) is 19.4 Å². The molecule has 1 aromatic heterocycles. The quantitative estimate of drug-likeness (QED) is 0.761. The van der Waals surface area contributed by atoms with Gasteiger partial charge in [-0.3, -0.25) is 0 Å². The van der Waals surface area contributed by atoms with Crippen molar-refractivity contribution in [2.45, 2.75) is 24.2 Å². The summed E-state index contributed by atoms with van der Waals surface area (Å²) in [6.07, 6.45) is 2.24. The summed E-state index contributed by atoms with van der Waals surface area (Å²) < 4.78 is 30.4. The molecule has 0 unspecified atom stereocenters. The van der Waals surface area contributed by atoms with E-state index in [1.165, 1.54) is 12.6 Å². The van der Waals surface area contributed by atoms with Crippen LogP contribution in [0, 0.1) is 0 Å². The summed E-state index contributed by atoms with van der Waals surface area (Å²) in [4.78, 5) is 3.70. The first kappa shape index (κ1) is 8.62. The van der Waals surface area contributed by atoms with E-state index < -0.39 is 11.3 Å². The lowest BCUT2D eigenvalue weighted by molar-refractivity contribution is -0.129.